The molecule has 20 heavy (non-hydrogen) atoms. The number of nitrogens with zero attached hydrogens (tertiary/aromatic N) is 3. The molecule has 1 atom stereocenters. The van der Waals surface area contributed by atoms with Gasteiger partial charge in [-0.15, -0.1) is 0 Å². The van der Waals surface area contributed by atoms with Gasteiger partial charge in [0.15, 0.2) is 5.65 Å². The first-order chi connectivity index (χ1) is 9.56. The quantitative estimate of drug-likeness (QED) is 0.865. The summed E-state index contributed by atoms with van der Waals surface area (Å²) in [5.74, 6) is 1.00. The van der Waals surface area contributed by atoms with E-state index in [1.54, 1.807) is 25.4 Å². The van der Waals surface area contributed by atoms with Gasteiger partial charge in [-0.3, -0.25) is 9.78 Å². The molecule has 0 aliphatic heterocycles. The predicted octanol–water partition coefficient (Wildman–Crippen LogP) is 1.60. The Labute approximate surface area is 118 Å². The standard InChI is InChI=1S/C14H19N5O/c1-9(2)8-17-14(20)10(3)18-12-5-4-11-13(19-12)16-7-6-15-11/h4-7,9-10H,8H2,1-3H3,(H,17,20)(H,16,18,19). The normalized spacial score (nSPS) is 12.4. The molecule has 2 rings (SSSR count). The molecule has 0 spiro atoms. The van der Waals surface area contributed by atoms with Crippen molar-refractivity contribution in [3.8, 4) is 0 Å². The molecule has 106 valence electrons. The molecule has 0 aliphatic rings. The number of pyridine rings is 1. The van der Waals surface area contributed by atoms with E-state index in [2.05, 4.69) is 39.4 Å². The minimum Gasteiger partial charge on any atom is -0.359 e. The van der Waals surface area contributed by atoms with Crippen LogP contribution in [-0.2, 0) is 4.79 Å². The van der Waals surface area contributed by atoms with E-state index in [-0.39, 0.29) is 11.9 Å². The number of carbonyl (C=O) groups excluding carboxylic acids is 1. The van der Waals surface area contributed by atoms with E-state index in [0.717, 1.165) is 5.52 Å². The van der Waals surface area contributed by atoms with Crippen molar-refractivity contribution >= 4 is 22.9 Å². The average Bonchev–Trinajstić information content (AvgIpc) is 2.44. The van der Waals surface area contributed by atoms with Gasteiger partial charge in [0.2, 0.25) is 5.91 Å². The molecule has 2 N–H and O–H groups in total. The number of fused-ring (bicyclic) bond motifs is 1. The van der Waals surface area contributed by atoms with Gasteiger partial charge in [-0.25, -0.2) is 9.97 Å². The van der Waals surface area contributed by atoms with Crippen molar-refractivity contribution in [2.45, 2.75) is 26.8 Å². The Bertz CT molecular complexity index is 599. The van der Waals surface area contributed by atoms with Crippen molar-refractivity contribution in [3.05, 3.63) is 24.5 Å². The first-order valence-electron chi connectivity index (χ1n) is 6.68. The first-order valence-corrected chi connectivity index (χ1v) is 6.68. The van der Waals surface area contributed by atoms with Crippen LogP contribution in [0.3, 0.4) is 0 Å². The molecule has 0 saturated carbocycles. The van der Waals surface area contributed by atoms with Crippen LogP contribution in [0.2, 0.25) is 0 Å². The van der Waals surface area contributed by atoms with Crippen molar-refractivity contribution in [2.75, 3.05) is 11.9 Å². The second-order valence-electron chi connectivity index (χ2n) is 5.10. The third-order valence-corrected chi connectivity index (χ3v) is 2.77. The molecule has 0 saturated heterocycles. The average molecular weight is 273 g/mol. The molecule has 0 radical (unpaired) electrons. The van der Waals surface area contributed by atoms with Crippen LogP contribution in [0.25, 0.3) is 11.2 Å². The molecule has 6 nitrogen and oxygen atoms in total. The van der Waals surface area contributed by atoms with Crippen LogP contribution in [0.1, 0.15) is 20.8 Å². The molecule has 0 aromatic carbocycles. The van der Waals surface area contributed by atoms with Gasteiger partial charge >= 0.3 is 0 Å². The van der Waals surface area contributed by atoms with Gasteiger partial charge in [-0.05, 0) is 25.0 Å². The molecule has 0 aliphatic carbocycles. The van der Waals surface area contributed by atoms with Crippen LogP contribution in [0.15, 0.2) is 24.5 Å². The molecule has 0 bridgehead atoms. The van der Waals surface area contributed by atoms with E-state index in [1.807, 2.05) is 6.07 Å². The van der Waals surface area contributed by atoms with Crippen LogP contribution in [0.5, 0.6) is 0 Å². The molecule has 1 unspecified atom stereocenters. The van der Waals surface area contributed by atoms with Gasteiger partial charge in [0.1, 0.15) is 17.4 Å². The number of nitrogens with one attached hydrogen (secondary N) is 2. The Morgan fingerprint density at radius 1 is 1.20 bits per heavy atom. The van der Waals surface area contributed by atoms with E-state index in [9.17, 15) is 4.79 Å². The topological polar surface area (TPSA) is 79.8 Å². The third kappa shape index (κ3) is 3.63. The van der Waals surface area contributed by atoms with Crippen molar-refractivity contribution < 1.29 is 4.79 Å². The number of rotatable bonds is 5. The van der Waals surface area contributed by atoms with E-state index in [1.165, 1.54) is 0 Å². The molecule has 2 aromatic heterocycles. The summed E-state index contributed by atoms with van der Waals surface area (Å²) in [4.78, 5) is 24.5. The summed E-state index contributed by atoms with van der Waals surface area (Å²) in [5, 5.41) is 5.95. The lowest BCUT2D eigenvalue weighted by Gasteiger charge is -2.15. The maximum absolute atomic E-state index is 11.9. The Balaban J connectivity index is 2.02. The lowest BCUT2D eigenvalue weighted by atomic mass is 10.2. The Morgan fingerprint density at radius 3 is 2.70 bits per heavy atom. The molecule has 0 fully saturated rings. The smallest absolute Gasteiger partial charge is 0.242 e. The molecule has 1 amide bonds. The molecule has 2 aromatic rings. The fraction of sp³-hybridized carbons (Fsp3) is 0.429. The van der Waals surface area contributed by atoms with Gasteiger partial charge in [0.25, 0.3) is 0 Å². The fourth-order valence-corrected chi connectivity index (χ4v) is 1.68. The number of hydrogen-bond donors (Lipinski definition) is 2. The summed E-state index contributed by atoms with van der Waals surface area (Å²) in [6.07, 6.45) is 3.22. The Hall–Kier alpha value is -2.24. The Kier molecular flexibility index (Phi) is 4.45. The summed E-state index contributed by atoms with van der Waals surface area (Å²) in [6, 6.07) is 3.27. The highest BCUT2D eigenvalue weighted by atomic mass is 16.2. The summed E-state index contributed by atoms with van der Waals surface area (Å²) in [7, 11) is 0. The first kappa shape index (κ1) is 14.2. The monoisotopic (exact) mass is 273 g/mol. The Morgan fingerprint density at radius 2 is 1.95 bits per heavy atom. The highest BCUT2D eigenvalue weighted by Crippen LogP contribution is 2.11. The van der Waals surface area contributed by atoms with Crippen molar-refractivity contribution in [1.29, 1.82) is 0 Å². The van der Waals surface area contributed by atoms with Crippen molar-refractivity contribution in [2.24, 2.45) is 5.92 Å². The zero-order chi connectivity index (χ0) is 14.5. The van der Waals surface area contributed by atoms with Crippen LogP contribution in [0.4, 0.5) is 5.82 Å². The zero-order valence-electron chi connectivity index (χ0n) is 11.9. The number of aromatic nitrogens is 3. The van der Waals surface area contributed by atoms with Crippen LogP contribution >= 0.6 is 0 Å². The maximum Gasteiger partial charge on any atom is 0.242 e. The number of anilines is 1. The zero-order valence-corrected chi connectivity index (χ0v) is 11.9. The molecular weight excluding hydrogens is 254 g/mol. The molecular formula is C14H19N5O. The second-order valence-corrected chi connectivity index (χ2v) is 5.10. The summed E-state index contributed by atoms with van der Waals surface area (Å²) < 4.78 is 0. The van der Waals surface area contributed by atoms with E-state index >= 15 is 0 Å². The van der Waals surface area contributed by atoms with Gasteiger partial charge in [-0.2, -0.15) is 0 Å². The lowest BCUT2D eigenvalue weighted by molar-refractivity contribution is -0.121. The molecule has 6 heteroatoms. The van der Waals surface area contributed by atoms with Crippen molar-refractivity contribution in [3.63, 3.8) is 0 Å². The third-order valence-electron chi connectivity index (χ3n) is 2.77. The van der Waals surface area contributed by atoms with Crippen LogP contribution in [-0.4, -0.2) is 33.4 Å². The van der Waals surface area contributed by atoms with Crippen molar-refractivity contribution in [1.82, 2.24) is 20.3 Å². The number of carbonyl (C=O) groups is 1. The van der Waals surface area contributed by atoms with E-state index in [0.29, 0.717) is 23.9 Å². The number of hydrogen-bond acceptors (Lipinski definition) is 5. The fourth-order valence-electron chi connectivity index (χ4n) is 1.68. The summed E-state index contributed by atoms with van der Waals surface area (Å²) >= 11 is 0. The number of amides is 1. The predicted molar refractivity (Wildman–Crippen MR) is 78.3 cm³/mol. The van der Waals surface area contributed by atoms with E-state index < -0.39 is 0 Å². The molecule has 2 heterocycles. The highest BCUT2D eigenvalue weighted by molar-refractivity contribution is 5.84. The minimum atomic E-state index is -0.352. The van der Waals surface area contributed by atoms with Crippen LogP contribution < -0.4 is 10.6 Å². The highest BCUT2D eigenvalue weighted by Gasteiger charge is 2.13. The summed E-state index contributed by atoms with van der Waals surface area (Å²) in [6.45, 7) is 6.59. The van der Waals surface area contributed by atoms with Gasteiger partial charge in [0.05, 0.1) is 0 Å². The van der Waals surface area contributed by atoms with E-state index in [4.69, 9.17) is 0 Å². The maximum atomic E-state index is 11.9. The SMILES string of the molecule is CC(C)CNC(=O)C(C)Nc1ccc2nccnc2n1. The van der Waals surface area contributed by atoms with Gasteiger partial charge in [0, 0.05) is 18.9 Å². The van der Waals surface area contributed by atoms with Crippen LogP contribution in [0, 0.1) is 5.92 Å². The lowest BCUT2D eigenvalue weighted by Crippen LogP contribution is -2.39. The summed E-state index contributed by atoms with van der Waals surface area (Å²) in [5.41, 5.74) is 1.29. The van der Waals surface area contributed by atoms with Gasteiger partial charge in [-0.1, -0.05) is 13.8 Å². The second kappa shape index (κ2) is 6.27. The largest absolute Gasteiger partial charge is 0.359 e. The minimum absolute atomic E-state index is 0.0419. The van der Waals surface area contributed by atoms with Gasteiger partial charge < -0.3 is 10.6 Å².